The number of rotatable bonds is 8. The fourth-order valence-electron chi connectivity index (χ4n) is 3.18. The van der Waals surface area contributed by atoms with Gasteiger partial charge in [0.2, 0.25) is 0 Å². The van der Waals surface area contributed by atoms with Crippen molar-refractivity contribution >= 4 is 36.3 Å². The number of carbonyl (C=O) groups excluding carboxylic acids is 1. The molecule has 3 aromatic rings. The lowest BCUT2D eigenvalue weighted by molar-refractivity contribution is -0.695. The third-order valence-corrected chi connectivity index (χ3v) is 5.05. The molecule has 0 unspecified atom stereocenters. The molecule has 0 aliphatic rings. The monoisotopic (exact) mass is 420 g/mol. The molecule has 5 nitrogen and oxygen atoms in total. The van der Waals surface area contributed by atoms with Gasteiger partial charge in [-0.05, 0) is 41.3 Å². The van der Waals surface area contributed by atoms with Crippen LogP contribution in [-0.4, -0.2) is 6.29 Å². The second-order valence-corrected chi connectivity index (χ2v) is 7.18. The van der Waals surface area contributed by atoms with E-state index in [1.54, 1.807) is 12.1 Å². The van der Waals surface area contributed by atoms with Gasteiger partial charge in [-0.1, -0.05) is 24.3 Å². The van der Waals surface area contributed by atoms with Crippen LogP contribution in [0.3, 0.4) is 0 Å². The number of hydrogen-bond acceptors (Lipinski definition) is 2. The minimum Gasteiger partial charge on any atom is -0.303 e. The third kappa shape index (κ3) is 5.84. The van der Waals surface area contributed by atoms with E-state index >= 15 is 0 Å². The Labute approximate surface area is 188 Å². The van der Waals surface area contributed by atoms with Gasteiger partial charge >= 0.3 is 0 Å². The van der Waals surface area contributed by atoms with Gasteiger partial charge in [0.05, 0.1) is 24.6 Å². The normalized spacial score (nSPS) is 10.8. The van der Waals surface area contributed by atoms with Gasteiger partial charge in [0, 0.05) is 24.3 Å². The Morgan fingerprint density at radius 2 is 1.53 bits per heavy atom. The molecule has 0 bridgehead atoms. The van der Waals surface area contributed by atoms with E-state index in [0.29, 0.717) is 29.8 Å². The van der Waals surface area contributed by atoms with Gasteiger partial charge in [-0.3, -0.25) is 0 Å². The van der Waals surface area contributed by atoms with Gasteiger partial charge in [-0.2, -0.15) is 5.26 Å². The standard InChI is InChI=1S/C27H24N4O/c1-3-30-14-9-22(10-15-30)5-7-24-20-27(29-2)25(19-26(24)21-28)8-6-23-11-16-31(17-12-23)13-4-18-32/h5-12,14-20H,3-4,13H2,1H3/q+2/b7-5+,8-6+. The highest BCUT2D eigenvalue weighted by Gasteiger charge is 2.07. The summed E-state index contributed by atoms with van der Waals surface area (Å²) in [5.74, 6) is 0. The highest BCUT2D eigenvalue weighted by Crippen LogP contribution is 2.27. The van der Waals surface area contributed by atoms with E-state index in [0.717, 1.165) is 29.5 Å². The highest BCUT2D eigenvalue weighted by atomic mass is 16.1. The van der Waals surface area contributed by atoms with Gasteiger partial charge in [-0.25, -0.2) is 14.0 Å². The van der Waals surface area contributed by atoms with Crippen LogP contribution in [0.5, 0.6) is 0 Å². The van der Waals surface area contributed by atoms with Crippen LogP contribution in [0.25, 0.3) is 29.1 Å². The predicted octanol–water partition coefficient (Wildman–Crippen LogP) is 4.63. The number of nitrogens with zero attached hydrogens (tertiary/aromatic N) is 4. The van der Waals surface area contributed by atoms with Crippen molar-refractivity contribution in [1.29, 1.82) is 5.26 Å². The summed E-state index contributed by atoms with van der Waals surface area (Å²) >= 11 is 0. The third-order valence-electron chi connectivity index (χ3n) is 5.05. The molecule has 2 heterocycles. The molecule has 0 saturated heterocycles. The summed E-state index contributed by atoms with van der Waals surface area (Å²) in [6.45, 7) is 11.2. The Morgan fingerprint density at radius 3 is 2.06 bits per heavy atom. The first kappa shape index (κ1) is 22.3. The highest BCUT2D eigenvalue weighted by molar-refractivity contribution is 5.82. The van der Waals surface area contributed by atoms with E-state index in [2.05, 4.69) is 22.4 Å². The summed E-state index contributed by atoms with van der Waals surface area (Å²) in [6.07, 6.45) is 16.8. The predicted molar refractivity (Wildman–Crippen MR) is 125 cm³/mol. The molecule has 0 aliphatic heterocycles. The zero-order valence-electron chi connectivity index (χ0n) is 18.0. The molecule has 0 saturated carbocycles. The molecule has 5 heteroatoms. The molecule has 32 heavy (non-hydrogen) atoms. The average Bonchev–Trinajstić information content (AvgIpc) is 2.85. The molecule has 0 radical (unpaired) electrons. The number of aldehydes is 1. The molecule has 0 N–H and O–H groups in total. The van der Waals surface area contributed by atoms with Crippen LogP contribution in [0.2, 0.25) is 0 Å². The maximum absolute atomic E-state index is 10.5. The van der Waals surface area contributed by atoms with Crippen molar-refractivity contribution < 1.29 is 13.9 Å². The first-order chi connectivity index (χ1) is 15.7. The van der Waals surface area contributed by atoms with Crippen molar-refractivity contribution in [2.24, 2.45) is 0 Å². The van der Waals surface area contributed by atoms with Gasteiger partial charge in [0.25, 0.3) is 0 Å². The number of benzene rings is 1. The second kappa shape index (κ2) is 11.2. The Hall–Kier alpha value is -4.35. The molecule has 0 atom stereocenters. The lowest BCUT2D eigenvalue weighted by Crippen LogP contribution is -2.32. The zero-order chi connectivity index (χ0) is 22.8. The minimum absolute atomic E-state index is 0.481. The SMILES string of the molecule is [C-]#[N+]c1cc(/C=C/c2cc[n+](CC)cc2)c(C#N)cc1/C=C/c1cc[n+](CCC=O)cc1. The van der Waals surface area contributed by atoms with Gasteiger partial charge in [0.1, 0.15) is 12.8 Å². The molecule has 0 spiro atoms. The summed E-state index contributed by atoms with van der Waals surface area (Å²) in [4.78, 5) is 14.2. The van der Waals surface area contributed by atoms with Crippen LogP contribution in [0.4, 0.5) is 5.69 Å². The number of aryl methyl sites for hydroxylation is 2. The maximum Gasteiger partial charge on any atom is 0.194 e. The topological polar surface area (TPSA) is 53.0 Å². The van der Waals surface area contributed by atoms with E-state index < -0.39 is 0 Å². The fourth-order valence-corrected chi connectivity index (χ4v) is 3.18. The maximum atomic E-state index is 10.5. The van der Waals surface area contributed by atoms with Crippen molar-refractivity contribution in [3.8, 4) is 6.07 Å². The van der Waals surface area contributed by atoms with E-state index in [9.17, 15) is 10.1 Å². The van der Waals surface area contributed by atoms with Gasteiger partial charge < -0.3 is 4.79 Å². The van der Waals surface area contributed by atoms with E-state index in [4.69, 9.17) is 6.57 Å². The quantitative estimate of drug-likeness (QED) is 0.303. The van der Waals surface area contributed by atoms with Crippen molar-refractivity contribution in [3.63, 3.8) is 0 Å². The zero-order valence-corrected chi connectivity index (χ0v) is 18.0. The number of aromatic nitrogens is 2. The summed E-state index contributed by atoms with van der Waals surface area (Å²) < 4.78 is 4.02. The second-order valence-electron chi connectivity index (χ2n) is 7.18. The van der Waals surface area contributed by atoms with Crippen LogP contribution in [-0.2, 0) is 17.9 Å². The molecule has 0 amide bonds. The van der Waals surface area contributed by atoms with Crippen molar-refractivity contribution in [3.05, 3.63) is 100 Å². The van der Waals surface area contributed by atoms with E-state index in [-0.39, 0.29) is 0 Å². The van der Waals surface area contributed by atoms with Crippen LogP contribution >= 0.6 is 0 Å². The lowest BCUT2D eigenvalue weighted by atomic mass is 10.0. The molecular formula is C27H24N4O+2. The van der Waals surface area contributed by atoms with Gasteiger partial charge in [0.15, 0.2) is 37.0 Å². The molecule has 156 valence electrons. The van der Waals surface area contributed by atoms with Gasteiger partial charge in [-0.15, -0.1) is 0 Å². The molecule has 0 aliphatic carbocycles. The molecular weight excluding hydrogens is 396 g/mol. The number of nitriles is 1. The average molecular weight is 421 g/mol. The van der Waals surface area contributed by atoms with Crippen LogP contribution < -0.4 is 9.13 Å². The Bertz CT molecular complexity index is 1220. The Balaban J connectivity index is 1.84. The van der Waals surface area contributed by atoms with E-state index in [1.165, 1.54) is 0 Å². The molecule has 2 aromatic heterocycles. The smallest absolute Gasteiger partial charge is 0.194 e. The van der Waals surface area contributed by atoms with Crippen LogP contribution in [0.15, 0.2) is 61.2 Å². The van der Waals surface area contributed by atoms with Crippen molar-refractivity contribution in [2.45, 2.75) is 26.4 Å². The minimum atomic E-state index is 0.481. The molecule has 0 fully saturated rings. The van der Waals surface area contributed by atoms with Crippen LogP contribution in [0, 0.1) is 17.9 Å². The summed E-state index contributed by atoms with van der Waals surface area (Å²) in [7, 11) is 0. The Morgan fingerprint density at radius 1 is 0.938 bits per heavy atom. The first-order valence-electron chi connectivity index (χ1n) is 10.4. The number of hydrogen-bond donors (Lipinski definition) is 0. The summed E-state index contributed by atoms with van der Waals surface area (Å²) in [5, 5.41) is 9.64. The largest absolute Gasteiger partial charge is 0.303 e. The first-order valence-corrected chi connectivity index (χ1v) is 10.4. The summed E-state index contributed by atoms with van der Waals surface area (Å²) in [6, 6.07) is 13.7. The van der Waals surface area contributed by atoms with E-state index in [1.807, 2.05) is 77.9 Å². The Kier molecular flexibility index (Phi) is 7.79. The lowest BCUT2D eigenvalue weighted by Gasteiger charge is -2.04. The number of pyridine rings is 2. The van der Waals surface area contributed by atoms with Crippen molar-refractivity contribution in [1.82, 2.24) is 0 Å². The van der Waals surface area contributed by atoms with Crippen LogP contribution in [0.1, 0.15) is 41.2 Å². The van der Waals surface area contributed by atoms with Crippen molar-refractivity contribution in [2.75, 3.05) is 0 Å². The molecule has 3 rings (SSSR count). The fraction of sp³-hybridized carbons (Fsp3) is 0.148. The molecule has 1 aromatic carbocycles. The summed E-state index contributed by atoms with van der Waals surface area (Å²) in [5.41, 5.74) is 4.44. The number of carbonyl (C=O) groups is 1.